The number of carbonyl (C=O) groups is 1. The van der Waals surface area contributed by atoms with Crippen molar-refractivity contribution in [1.82, 2.24) is 5.32 Å². The molecule has 0 heterocycles. The van der Waals surface area contributed by atoms with Crippen molar-refractivity contribution in [2.24, 2.45) is 0 Å². The molecule has 1 unspecified atom stereocenters. The first-order valence-electron chi connectivity index (χ1n) is 6.84. The van der Waals surface area contributed by atoms with Gasteiger partial charge in [-0.05, 0) is 24.1 Å². The number of hydrogen-bond donors (Lipinski definition) is 2. The fraction of sp³-hybridized carbons (Fsp3) is 0.533. The molecule has 0 aromatic heterocycles. The summed E-state index contributed by atoms with van der Waals surface area (Å²) >= 11 is 0. The first-order valence-corrected chi connectivity index (χ1v) is 6.84. The quantitative estimate of drug-likeness (QED) is 0.770. The van der Waals surface area contributed by atoms with Crippen molar-refractivity contribution >= 4 is 5.97 Å². The zero-order chi connectivity index (χ0) is 15.1. The predicted octanol–water partition coefficient (Wildman–Crippen LogP) is 2.96. The maximum Gasteiger partial charge on any atom is 0.344 e. The second-order valence-corrected chi connectivity index (χ2v) is 5.06. The number of carboxylic acid groups (broad SMARTS) is 1. The van der Waals surface area contributed by atoms with Gasteiger partial charge in [-0.15, -0.1) is 0 Å². The Balaban J connectivity index is 2.80. The van der Waals surface area contributed by atoms with Crippen LogP contribution >= 0.6 is 0 Å². The van der Waals surface area contributed by atoms with Gasteiger partial charge >= 0.3 is 5.97 Å². The Bertz CT molecular complexity index is 449. The van der Waals surface area contributed by atoms with Crippen LogP contribution in [0.5, 0.6) is 5.75 Å². The Morgan fingerprint density at radius 2 is 2.10 bits per heavy atom. The van der Waals surface area contributed by atoms with Gasteiger partial charge in [0.25, 0.3) is 0 Å². The zero-order valence-corrected chi connectivity index (χ0v) is 12.1. The largest absolute Gasteiger partial charge is 0.479 e. The van der Waals surface area contributed by atoms with Gasteiger partial charge in [0, 0.05) is 18.7 Å². The summed E-state index contributed by atoms with van der Waals surface area (Å²) in [4.78, 5) is 11.0. The average Bonchev–Trinajstić information content (AvgIpc) is 2.35. The van der Waals surface area contributed by atoms with Crippen molar-refractivity contribution in [1.29, 1.82) is 0 Å². The highest BCUT2D eigenvalue weighted by molar-refractivity contribution is 5.72. The minimum absolute atomic E-state index is 0.256. The number of hydrogen-bond acceptors (Lipinski definition) is 3. The molecule has 1 aromatic carbocycles. The highest BCUT2D eigenvalue weighted by atomic mass is 19.1. The standard InChI is InChI=1S/C15H22FNO3/c1-4-5-14(15(18)19)20-13-7-11(6-12(16)8-13)9-17-10(2)3/h6-8,10,14,17H,4-5,9H2,1-3H3,(H,18,19). The van der Waals surface area contributed by atoms with Crippen LogP contribution in [0.2, 0.25) is 0 Å². The predicted molar refractivity (Wildman–Crippen MR) is 75.3 cm³/mol. The molecule has 0 bridgehead atoms. The Morgan fingerprint density at radius 3 is 2.65 bits per heavy atom. The SMILES string of the molecule is CCCC(Oc1cc(F)cc(CNC(C)C)c1)C(=O)O. The Labute approximate surface area is 119 Å². The Morgan fingerprint density at radius 1 is 1.40 bits per heavy atom. The molecular formula is C15H22FNO3. The van der Waals surface area contributed by atoms with Crippen molar-refractivity contribution in [3.05, 3.63) is 29.6 Å². The third kappa shape index (κ3) is 5.57. The van der Waals surface area contributed by atoms with Crippen molar-refractivity contribution in [2.45, 2.75) is 52.3 Å². The number of rotatable bonds is 8. The van der Waals surface area contributed by atoms with Crippen molar-refractivity contribution in [2.75, 3.05) is 0 Å². The molecule has 0 amide bonds. The molecule has 0 saturated carbocycles. The van der Waals surface area contributed by atoms with E-state index >= 15 is 0 Å². The molecule has 4 nitrogen and oxygen atoms in total. The molecule has 20 heavy (non-hydrogen) atoms. The topological polar surface area (TPSA) is 58.6 Å². The van der Waals surface area contributed by atoms with Crippen molar-refractivity contribution < 1.29 is 19.0 Å². The summed E-state index contributed by atoms with van der Waals surface area (Å²) < 4.78 is 18.9. The fourth-order valence-corrected chi connectivity index (χ4v) is 1.77. The normalized spacial score (nSPS) is 12.4. The molecule has 0 spiro atoms. The van der Waals surface area contributed by atoms with Crippen LogP contribution in [-0.4, -0.2) is 23.2 Å². The first kappa shape index (κ1) is 16.4. The molecule has 0 aliphatic heterocycles. The lowest BCUT2D eigenvalue weighted by molar-refractivity contribution is -0.145. The monoisotopic (exact) mass is 283 g/mol. The molecule has 112 valence electrons. The molecule has 1 aromatic rings. The van der Waals surface area contributed by atoms with Gasteiger partial charge < -0.3 is 15.2 Å². The van der Waals surface area contributed by atoms with Crippen LogP contribution in [0.15, 0.2) is 18.2 Å². The van der Waals surface area contributed by atoms with Gasteiger partial charge in [0.1, 0.15) is 11.6 Å². The number of carboxylic acids is 1. The highest BCUT2D eigenvalue weighted by Crippen LogP contribution is 2.19. The van der Waals surface area contributed by atoms with Crippen molar-refractivity contribution in [3.8, 4) is 5.75 Å². The maximum absolute atomic E-state index is 13.5. The molecule has 0 radical (unpaired) electrons. The zero-order valence-electron chi connectivity index (χ0n) is 12.1. The van der Waals surface area contributed by atoms with Crippen LogP contribution in [-0.2, 0) is 11.3 Å². The number of halogens is 1. The van der Waals surface area contributed by atoms with E-state index in [4.69, 9.17) is 9.84 Å². The van der Waals surface area contributed by atoms with Crippen LogP contribution in [0, 0.1) is 5.82 Å². The van der Waals surface area contributed by atoms with Crippen LogP contribution in [0.4, 0.5) is 4.39 Å². The Hall–Kier alpha value is -1.62. The second-order valence-electron chi connectivity index (χ2n) is 5.06. The fourth-order valence-electron chi connectivity index (χ4n) is 1.77. The second kappa shape index (κ2) is 7.85. The van der Waals surface area contributed by atoms with E-state index in [1.165, 1.54) is 12.1 Å². The van der Waals surface area contributed by atoms with Crippen LogP contribution in [0.1, 0.15) is 39.2 Å². The van der Waals surface area contributed by atoms with E-state index < -0.39 is 17.9 Å². The van der Waals surface area contributed by atoms with Gasteiger partial charge in [-0.3, -0.25) is 0 Å². The van der Waals surface area contributed by atoms with Gasteiger partial charge in [-0.1, -0.05) is 27.2 Å². The van der Waals surface area contributed by atoms with E-state index in [9.17, 15) is 9.18 Å². The summed E-state index contributed by atoms with van der Waals surface area (Å²) in [6.07, 6.45) is 0.145. The first-order chi connectivity index (χ1) is 9.42. The van der Waals surface area contributed by atoms with Gasteiger partial charge in [-0.2, -0.15) is 0 Å². The number of benzene rings is 1. The summed E-state index contributed by atoms with van der Waals surface area (Å²) in [6, 6.07) is 4.58. The number of ether oxygens (including phenoxy) is 1. The minimum atomic E-state index is -1.03. The van der Waals surface area contributed by atoms with E-state index in [1.54, 1.807) is 6.07 Å². The third-order valence-corrected chi connectivity index (χ3v) is 2.75. The molecule has 2 N–H and O–H groups in total. The lowest BCUT2D eigenvalue weighted by atomic mass is 10.2. The van der Waals surface area contributed by atoms with Crippen molar-refractivity contribution in [3.63, 3.8) is 0 Å². The van der Waals surface area contributed by atoms with Gasteiger partial charge in [0.15, 0.2) is 6.10 Å². The van der Waals surface area contributed by atoms with E-state index in [0.29, 0.717) is 19.4 Å². The summed E-state index contributed by atoms with van der Waals surface area (Å²) in [6.45, 7) is 6.39. The lowest BCUT2D eigenvalue weighted by Gasteiger charge is -2.16. The molecule has 0 saturated heterocycles. The highest BCUT2D eigenvalue weighted by Gasteiger charge is 2.18. The minimum Gasteiger partial charge on any atom is -0.479 e. The van der Waals surface area contributed by atoms with E-state index in [-0.39, 0.29) is 11.8 Å². The molecule has 1 atom stereocenters. The molecular weight excluding hydrogens is 261 g/mol. The molecule has 0 fully saturated rings. The van der Waals surface area contributed by atoms with E-state index in [2.05, 4.69) is 5.32 Å². The van der Waals surface area contributed by atoms with Crippen LogP contribution in [0.25, 0.3) is 0 Å². The van der Waals surface area contributed by atoms with E-state index in [0.717, 1.165) is 5.56 Å². The Kier molecular flexibility index (Phi) is 6.45. The van der Waals surface area contributed by atoms with Crippen LogP contribution in [0.3, 0.4) is 0 Å². The third-order valence-electron chi connectivity index (χ3n) is 2.75. The van der Waals surface area contributed by atoms with E-state index in [1.807, 2.05) is 20.8 Å². The maximum atomic E-state index is 13.5. The van der Waals surface area contributed by atoms with Crippen LogP contribution < -0.4 is 10.1 Å². The van der Waals surface area contributed by atoms with Gasteiger partial charge in [-0.25, -0.2) is 9.18 Å². The summed E-state index contributed by atoms with van der Waals surface area (Å²) in [5.41, 5.74) is 0.731. The number of nitrogens with one attached hydrogen (secondary N) is 1. The average molecular weight is 283 g/mol. The molecule has 0 aliphatic carbocycles. The summed E-state index contributed by atoms with van der Waals surface area (Å²) in [5.74, 6) is -1.20. The molecule has 5 heteroatoms. The van der Waals surface area contributed by atoms with Gasteiger partial charge in [0.2, 0.25) is 0 Å². The smallest absolute Gasteiger partial charge is 0.344 e. The summed E-state index contributed by atoms with van der Waals surface area (Å²) in [7, 11) is 0. The lowest BCUT2D eigenvalue weighted by Crippen LogP contribution is -2.27. The summed E-state index contributed by atoms with van der Waals surface area (Å²) in [5, 5.41) is 12.2. The molecule has 0 aliphatic rings. The number of aliphatic carboxylic acids is 1. The molecule has 1 rings (SSSR count). The van der Waals surface area contributed by atoms with Gasteiger partial charge in [0.05, 0.1) is 0 Å².